The first-order valence-corrected chi connectivity index (χ1v) is 13.0. The van der Waals surface area contributed by atoms with Crippen molar-refractivity contribution in [3.8, 4) is 11.5 Å². The van der Waals surface area contributed by atoms with E-state index < -0.39 is 22.5 Å². The predicted molar refractivity (Wildman–Crippen MR) is 134 cm³/mol. The molecule has 0 saturated carbocycles. The number of hydrogen-bond donors (Lipinski definition) is 2. The monoisotopic (exact) mass is 499 g/mol. The van der Waals surface area contributed by atoms with Gasteiger partial charge in [0.15, 0.2) is 0 Å². The Hall–Kier alpha value is -3.50. The van der Waals surface area contributed by atoms with Crippen LogP contribution in [0.2, 0.25) is 0 Å². The predicted octanol–water partition coefficient (Wildman–Crippen LogP) is 3.86. The van der Waals surface area contributed by atoms with Crippen LogP contribution < -0.4 is 14.5 Å². The van der Waals surface area contributed by atoms with Gasteiger partial charge in [0.05, 0.1) is 23.4 Å². The minimum absolute atomic E-state index is 0.00720. The standard InChI is InChI=1S/C24H25N3O5S2/c1-3-32-20-10-8-19(9-11-20)27(34(30,31)22-14-12-21(33-2)13-15-22)17-24(29)26-25-16-18-6-4-5-7-23(18)28/h4-16,28H,3,17H2,1-2H3,(H,26,29)/b25-16-. The van der Waals surface area contributed by atoms with Crippen LogP contribution in [0.25, 0.3) is 0 Å². The molecule has 3 rings (SSSR count). The number of aromatic hydroxyl groups is 1. The Morgan fingerprint density at radius 1 is 1.09 bits per heavy atom. The van der Waals surface area contributed by atoms with E-state index in [0.717, 1.165) is 9.20 Å². The summed E-state index contributed by atoms with van der Waals surface area (Å²) in [6, 6.07) is 19.4. The van der Waals surface area contributed by atoms with Gasteiger partial charge in [-0.1, -0.05) is 12.1 Å². The Labute approximate surface area is 203 Å². The number of para-hydroxylation sites is 1. The summed E-state index contributed by atoms with van der Waals surface area (Å²) in [4.78, 5) is 13.6. The lowest BCUT2D eigenvalue weighted by molar-refractivity contribution is -0.119. The number of rotatable bonds is 10. The Morgan fingerprint density at radius 3 is 2.38 bits per heavy atom. The van der Waals surface area contributed by atoms with Crippen LogP contribution in [0.5, 0.6) is 11.5 Å². The zero-order valence-corrected chi connectivity index (χ0v) is 20.3. The smallest absolute Gasteiger partial charge is 0.264 e. The Bertz CT molecular complexity index is 1240. The molecule has 2 N–H and O–H groups in total. The lowest BCUT2D eigenvalue weighted by Gasteiger charge is -2.24. The second kappa shape index (κ2) is 11.6. The molecule has 0 heterocycles. The molecule has 3 aromatic rings. The number of anilines is 1. The van der Waals surface area contributed by atoms with Gasteiger partial charge < -0.3 is 9.84 Å². The van der Waals surface area contributed by atoms with E-state index in [1.165, 1.54) is 36.2 Å². The first-order valence-electron chi connectivity index (χ1n) is 10.3. The second-order valence-corrected chi connectivity index (χ2v) is 9.71. The number of phenols is 1. The molecule has 0 spiro atoms. The minimum Gasteiger partial charge on any atom is -0.507 e. The van der Waals surface area contributed by atoms with Gasteiger partial charge in [-0.2, -0.15) is 5.10 Å². The number of nitrogens with one attached hydrogen (secondary N) is 1. The van der Waals surface area contributed by atoms with Crippen molar-refractivity contribution in [3.05, 3.63) is 78.4 Å². The highest BCUT2D eigenvalue weighted by atomic mass is 32.2. The number of amides is 1. The topological polar surface area (TPSA) is 108 Å². The number of carbonyl (C=O) groups excluding carboxylic acids is 1. The van der Waals surface area contributed by atoms with Crippen molar-refractivity contribution in [1.29, 1.82) is 0 Å². The molecule has 0 atom stereocenters. The maximum Gasteiger partial charge on any atom is 0.264 e. The summed E-state index contributed by atoms with van der Waals surface area (Å²) in [6.45, 7) is 1.82. The van der Waals surface area contributed by atoms with E-state index in [0.29, 0.717) is 23.6 Å². The highest BCUT2D eigenvalue weighted by Crippen LogP contribution is 2.27. The third-order valence-corrected chi connectivity index (χ3v) is 7.23. The van der Waals surface area contributed by atoms with E-state index in [9.17, 15) is 18.3 Å². The summed E-state index contributed by atoms with van der Waals surface area (Å²) in [5.74, 6) is -0.0534. The first-order chi connectivity index (χ1) is 16.3. The van der Waals surface area contributed by atoms with Crippen LogP contribution in [-0.2, 0) is 14.8 Å². The van der Waals surface area contributed by atoms with Crippen molar-refractivity contribution in [2.45, 2.75) is 16.7 Å². The maximum atomic E-state index is 13.5. The van der Waals surface area contributed by atoms with Crippen LogP contribution in [0.1, 0.15) is 12.5 Å². The molecule has 3 aromatic carbocycles. The zero-order chi connectivity index (χ0) is 24.6. The highest BCUT2D eigenvalue weighted by Gasteiger charge is 2.27. The quantitative estimate of drug-likeness (QED) is 0.249. The maximum absolute atomic E-state index is 13.5. The zero-order valence-electron chi connectivity index (χ0n) is 18.7. The van der Waals surface area contributed by atoms with Gasteiger partial charge in [-0.15, -0.1) is 11.8 Å². The van der Waals surface area contributed by atoms with Gasteiger partial charge in [0, 0.05) is 10.5 Å². The largest absolute Gasteiger partial charge is 0.507 e. The van der Waals surface area contributed by atoms with E-state index in [1.54, 1.807) is 54.6 Å². The third-order valence-electron chi connectivity index (χ3n) is 4.70. The van der Waals surface area contributed by atoms with Crippen molar-refractivity contribution < 1.29 is 23.1 Å². The van der Waals surface area contributed by atoms with Crippen molar-refractivity contribution >= 4 is 39.6 Å². The number of hydrogen-bond acceptors (Lipinski definition) is 7. The molecule has 0 aromatic heterocycles. The molecule has 178 valence electrons. The minimum atomic E-state index is -4.05. The second-order valence-electron chi connectivity index (χ2n) is 6.97. The van der Waals surface area contributed by atoms with E-state index in [4.69, 9.17) is 4.74 Å². The molecule has 0 saturated heterocycles. The summed E-state index contributed by atoms with van der Waals surface area (Å²) < 4.78 is 33.4. The van der Waals surface area contributed by atoms with Gasteiger partial charge >= 0.3 is 0 Å². The summed E-state index contributed by atoms with van der Waals surface area (Å²) in [5.41, 5.74) is 3.03. The molecular formula is C24H25N3O5S2. The van der Waals surface area contributed by atoms with E-state index in [-0.39, 0.29) is 10.6 Å². The number of thioether (sulfide) groups is 1. The molecule has 0 radical (unpaired) electrons. The average molecular weight is 500 g/mol. The number of ether oxygens (including phenoxy) is 1. The van der Waals surface area contributed by atoms with Crippen LogP contribution >= 0.6 is 11.8 Å². The van der Waals surface area contributed by atoms with Gasteiger partial charge in [-0.05, 0) is 73.8 Å². The summed E-state index contributed by atoms with van der Waals surface area (Å²) in [6.07, 6.45) is 3.18. The van der Waals surface area contributed by atoms with Crippen LogP contribution in [-0.4, -0.2) is 45.1 Å². The molecule has 10 heteroatoms. The molecular weight excluding hydrogens is 474 g/mol. The average Bonchev–Trinajstić information content (AvgIpc) is 2.84. The fourth-order valence-corrected chi connectivity index (χ4v) is 4.83. The van der Waals surface area contributed by atoms with Gasteiger partial charge in [-0.25, -0.2) is 13.8 Å². The molecule has 1 amide bonds. The van der Waals surface area contributed by atoms with Crippen LogP contribution in [0.15, 0.2) is 87.7 Å². The number of phenolic OH excluding ortho intramolecular Hbond substituents is 1. The van der Waals surface area contributed by atoms with Gasteiger partial charge in [-0.3, -0.25) is 9.10 Å². The summed E-state index contributed by atoms with van der Waals surface area (Å²) >= 11 is 1.50. The van der Waals surface area contributed by atoms with E-state index in [2.05, 4.69) is 10.5 Å². The van der Waals surface area contributed by atoms with Crippen LogP contribution in [0.4, 0.5) is 5.69 Å². The van der Waals surface area contributed by atoms with E-state index >= 15 is 0 Å². The van der Waals surface area contributed by atoms with E-state index in [1.807, 2.05) is 13.2 Å². The number of carbonyl (C=O) groups is 1. The molecule has 0 aliphatic rings. The van der Waals surface area contributed by atoms with Gasteiger partial charge in [0.25, 0.3) is 15.9 Å². The molecule has 0 unspecified atom stereocenters. The Morgan fingerprint density at radius 2 is 1.76 bits per heavy atom. The fourth-order valence-electron chi connectivity index (χ4n) is 3.00. The van der Waals surface area contributed by atoms with Crippen molar-refractivity contribution in [2.24, 2.45) is 5.10 Å². The van der Waals surface area contributed by atoms with Crippen molar-refractivity contribution in [2.75, 3.05) is 23.7 Å². The Kier molecular flexibility index (Phi) is 8.55. The molecule has 8 nitrogen and oxygen atoms in total. The van der Waals surface area contributed by atoms with Crippen LogP contribution in [0.3, 0.4) is 0 Å². The molecule has 0 bridgehead atoms. The molecule has 0 aliphatic heterocycles. The molecule has 34 heavy (non-hydrogen) atoms. The first kappa shape index (κ1) is 25.1. The summed E-state index contributed by atoms with van der Waals surface area (Å²) in [5, 5.41) is 13.6. The number of sulfonamides is 1. The highest BCUT2D eigenvalue weighted by molar-refractivity contribution is 7.98. The third kappa shape index (κ3) is 6.30. The molecule has 0 fully saturated rings. The fraction of sp³-hybridized carbons (Fsp3) is 0.167. The lowest BCUT2D eigenvalue weighted by atomic mass is 10.2. The summed E-state index contributed by atoms with van der Waals surface area (Å²) in [7, 11) is -4.05. The van der Waals surface area contributed by atoms with Gasteiger partial charge in [0.1, 0.15) is 18.0 Å². The number of nitrogens with zero attached hydrogens (tertiary/aromatic N) is 2. The van der Waals surface area contributed by atoms with Crippen LogP contribution in [0, 0.1) is 0 Å². The lowest BCUT2D eigenvalue weighted by Crippen LogP contribution is -2.39. The van der Waals surface area contributed by atoms with Crippen molar-refractivity contribution in [1.82, 2.24) is 5.43 Å². The number of hydrazone groups is 1. The molecule has 0 aliphatic carbocycles. The van der Waals surface area contributed by atoms with Gasteiger partial charge in [0.2, 0.25) is 0 Å². The number of benzene rings is 3. The normalized spacial score (nSPS) is 11.4. The Balaban J connectivity index is 1.86. The SMILES string of the molecule is CCOc1ccc(N(CC(=O)N/N=C\c2ccccc2O)S(=O)(=O)c2ccc(SC)cc2)cc1. The van der Waals surface area contributed by atoms with Crippen molar-refractivity contribution in [3.63, 3.8) is 0 Å².